The summed E-state index contributed by atoms with van der Waals surface area (Å²) in [5.74, 6) is -1.55. The lowest BCUT2D eigenvalue weighted by Crippen LogP contribution is -2.15. The molecule has 0 bridgehead atoms. The van der Waals surface area contributed by atoms with Crippen LogP contribution in [-0.2, 0) is 6.61 Å². The van der Waals surface area contributed by atoms with Gasteiger partial charge in [0, 0.05) is 18.3 Å². The molecule has 0 fully saturated rings. The van der Waals surface area contributed by atoms with Crippen LogP contribution in [0.25, 0.3) is 16.7 Å². The Balaban J connectivity index is 1.79. The van der Waals surface area contributed by atoms with Gasteiger partial charge >= 0.3 is 5.69 Å². The molecule has 7 nitrogen and oxygen atoms in total. The minimum atomic E-state index is -1.08. The summed E-state index contributed by atoms with van der Waals surface area (Å²) in [6, 6.07) is 6.89. The van der Waals surface area contributed by atoms with Crippen LogP contribution in [0.4, 0.5) is 8.78 Å². The van der Waals surface area contributed by atoms with Crippen LogP contribution in [-0.4, -0.2) is 28.8 Å². The van der Waals surface area contributed by atoms with E-state index >= 15 is 0 Å². The summed E-state index contributed by atoms with van der Waals surface area (Å²) in [6.45, 7) is -0.350. The van der Waals surface area contributed by atoms with Gasteiger partial charge in [0.1, 0.15) is 12.4 Å². The lowest BCUT2D eigenvalue weighted by molar-refractivity contribution is 0.270. The molecule has 0 aliphatic rings. The van der Waals surface area contributed by atoms with E-state index < -0.39 is 17.3 Å². The van der Waals surface area contributed by atoms with Gasteiger partial charge in [0.05, 0.1) is 47.7 Å². The molecule has 2 aromatic heterocycles. The average molecular weight is 448 g/mol. The number of hydrogen-bond donors (Lipinski definition) is 1. The standard InChI is InChI=1S/C21H16ClF2N3O4/c1-29-17-4-3-13(23)20(24)11(17)10-31-19-8-16(12(22)7-18(19)30-2)27-15-5-6-25-9-14(15)26-21(27)28/h3-9H,10H2,1-2H3,(H,26,28). The Labute approximate surface area is 179 Å². The number of nitrogens with zero attached hydrogens (tertiary/aromatic N) is 2. The third-order valence-electron chi connectivity index (χ3n) is 4.70. The first-order valence-corrected chi connectivity index (χ1v) is 9.38. The predicted molar refractivity (Wildman–Crippen MR) is 110 cm³/mol. The lowest BCUT2D eigenvalue weighted by Gasteiger charge is -2.16. The Bertz CT molecular complexity index is 1340. The summed E-state index contributed by atoms with van der Waals surface area (Å²) in [7, 11) is 2.75. The molecule has 2 heterocycles. The normalized spacial score (nSPS) is 11.0. The number of aromatic nitrogens is 3. The smallest absolute Gasteiger partial charge is 0.331 e. The number of H-pyrrole nitrogens is 1. The SMILES string of the molecule is COc1cc(Cl)c(-n2c(=O)[nH]c3cnccc32)cc1OCc1c(OC)ccc(F)c1F. The van der Waals surface area contributed by atoms with Crippen molar-refractivity contribution in [3.8, 4) is 22.9 Å². The van der Waals surface area contributed by atoms with Crippen molar-refractivity contribution in [1.82, 2.24) is 14.5 Å². The van der Waals surface area contributed by atoms with Gasteiger partial charge in [0.25, 0.3) is 0 Å². The number of pyridine rings is 1. The molecular formula is C21H16ClF2N3O4. The van der Waals surface area contributed by atoms with Crippen molar-refractivity contribution in [3.05, 3.63) is 75.4 Å². The minimum Gasteiger partial charge on any atom is -0.496 e. The lowest BCUT2D eigenvalue weighted by atomic mass is 10.2. The summed E-state index contributed by atoms with van der Waals surface area (Å²) < 4.78 is 45.5. The summed E-state index contributed by atoms with van der Waals surface area (Å²) in [4.78, 5) is 19.2. The highest BCUT2D eigenvalue weighted by atomic mass is 35.5. The van der Waals surface area contributed by atoms with E-state index in [-0.39, 0.29) is 34.4 Å². The highest BCUT2D eigenvalue weighted by Crippen LogP contribution is 2.37. The van der Waals surface area contributed by atoms with Gasteiger partial charge in [0.2, 0.25) is 0 Å². The molecule has 0 unspecified atom stereocenters. The molecule has 31 heavy (non-hydrogen) atoms. The second-order valence-electron chi connectivity index (χ2n) is 6.44. The van der Waals surface area contributed by atoms with Gasteiger partial charge in [-0.15, -0.1) is 0 Å². The molecule has 0 saturated heterocycles. The van der Waals surface area contributed by atoms with Crippen molar-refractivity contribution >= 4 is 22.6 Å². The van der Waals surface area contributed by atoms with E-state index in [0.29, 0.717) is 16.7 Å². The number of ether oxygens (including phenoxy) is 3. The van der Waals surface area contributed by atoms with Crippen molar-refractivity contribution in [3.63, 3.8) is 0 Å². The number of methoxy groups -OCH3 is 2. The van der Waals surface area contributed by atoms with Crippen molar-refractivity contribution in [2.75, 3.05) is 14.2 Å². The van der Waals surface area contributed by atoms with E-state index in [1.165, 1.54) is 43.2 Å². The van der Waals surface area contributed by atoms with Crippen molar-refractivity contribution in [2.24, 2.45) is 0 Å². The van der Waals surface area contributed by atoms with Crippen LogP contribution in [0, 0.1) is 11.6 Å². The molecular weight excluding hydrogens is 432 g/mol. The zero-order chi connectivity index (χ0) is 22.1. The highest BCUT2D eigenvalue weighted by molar-refractivity contribution is 6.32. The number of halogens is 3. The fourth-order valence-corrected chi connectivity index (χ4v) is 3.45. The first-order valence-electron chi connectivity index (χ1n) is 9.01. The summed E-state index contributed by atoms with van der Waals surface area (Å²) >= 11 is 6.40. The molecule has 10 heteroatoms. The topological polar surface area (TPSA) is 78.4 Å². The molecule has 0 radical (unpaired) electrons. The molecule has 4 aromatic rings. The van der Waals surface area contributed by atoms with Gasteiger partial charge in [-0.05, 0) is 18.2 Å². The quantitative estimate of drug-likeness (QED) is 0.478. The van der Waals surface area contributed by atoms with E-state index in [2.05, 4.69) is 9.97 Å². The maximum atomic E-state index is 14.3. The Morgan fingerprint density at radius 3 is 2.61 bits per heavy atom. The summed E-state index contributed by atoms with van der Waals surface area (Å²) in [5, 5.41) is 0.221. The number of benzene rings is 2. The molecule has 0 aliphatic heterocycles. The van der Waals surface area contributed by atoms with Crippen molar-refractivity contribution < 1.29 is 23.0 Å². The van der Waals surface area contributed by atoms with Crippen LogP contribution in [0.3, 0.4) is 0 Å². The maximum Gasteiger partial charge on any atom is 0.331 e. The molecule has 0 atom stereocenters. The number of nitrogens with one attached hydrogen (secondary N) is 1. The minimum absolute atomic E-state index is 0.101. The fourth-order valence-electron chi connectivity index (χ4n) is 3.22. The Morgan fingerprint density at radius 1 is 1.10 bits per heavy atom. The molecule has 0 amide bonds. The number of rotatable bonds is 6. The van der Waals surface area contributed by atoms with Gasteiger partial charge in [-0.25, -0.2) is 13.6 Å². The first-order chi connectivity index (χ1) is 14.9. The van der Waals surface area contributed by atoms with E-state index in [0.717, 1.165) is 6.07 Å². The largest absolute Gasteiger partial charge is 0.496 e. The maximum absolute atomic E-state index is 14.3. The van der Waals surface area contributed by atoms with Crippen LogP contribution in [0.2, 0.25) is 5.02 Å². The highest BCUT2D eigenvalue weighted by Gasteiger charge is 2.19. The Kier molecular flexibility index (Phi) is 5.51. The van der Waals surface area contributed by atoms with Crippen molar-refractivity contribution in [2.45, 2.75) is 6.61 Å². The molecule has 0 saturated carbocycles. The van der Waals surface area contributed by atoms with E-state index in [1.807, 2.05) is 0 Å². The van der Waals surface area contributed by atoms with Crippen LogP contribution in [0.1, 0.15) is 5.56 Å². The molecule has 2 aromatic carbocycles. The zero-order valence-corrected chi connectivity index (χ0v) is 17.2. The second kappa shape index (κ2) is 8.27. The Hall–Kier alpha value is -3.59. The van der Waals surface area contributed by atoms with E-state index in [4.69, 9.17) is 25.8 Å². The number of hydrogen-bond acceptors (Lipinski definition) is 5. The van der Waals surface area contributed by atoms with E-state index in [1.54, 1.807) is 12.3 Å². The number of aromatic amines is 1. The first kappa shape index (κ1) is 20.7. The van der Waals surface area contributed by atoms with Gasteiger partial charge in [-0.1, -0.05) is 11.6 Å². The number of fused-ring (bicyclic) bond motifs is 1. The van der Waals surface area contributed by atoms with E-state index in [9.17, 15) is 13.6 Å². The van der Waals surface area contributed by atoms with Gasteiger partial charge in [0.15, 0.2) is 23.1 Å². The monoisotopic (exact) mass is 447 g/mol. The van der Waals surface area contributed by atoms with Gasteiger partial charge < -0.3 is 19.2 Å². The summed E-state index contributed by atoms with van der Waals surface area (Å²) in [6.07, 6.45) is 3.06. The van der Waals surface area contributed by atoms with Crippen LogP contribution >= 0.6 is 11.6 Å². The van der Waals surface area contributed by atoms with Crippen LogP contribution < -0.4 is 19.9 Å². The predicted octanol–water partition coefficient (Wildman–Crippen LogP) is 4.24. The molecule has 160 valence electrons. The van der Waals surface area contributed by atoms with Gasteiger partial charge in [-0.2, -0.15) is 0 Å². The third-order valence-corrected chi connectivity index (χ3v) is 5.01. The molecule has 1 N–H and O–H groups in total. The fraction of sp³-hybridized carbons (Fsp3) is 0.143. The summed E-state index contributed by atoms with van der Waals surface area (Å²) in [5.41, 5.74) is 0.853. The second-order valence-corrected chi connectivity index (χ2v) is 6.85. The van der Waals surface area contributed by atoms with Gasteiger partial charge in [-0.3, -0.25) is 9.55 Å². The number of imidazole rings is 1. The molecule has 4 rings (SSSR count). The van der Waals surface area contributed by atoms with Crippen LogP contribution in [0.5, 0.6) is 17.2 Å². The average Bonchev–Trinajstić information content (AvgIpc) is 3.10. The zero-order valence-electron chi connectivity index (χ0n) is 16.4. The Morgan fingerprint density at radius 2 is 1.87 bits per heavy atom. The molecule has 0 aliphatic carbocycles. The van der Waals surface area contributed by atoms with Crippen molar-refractivity contribution in [1.29, 1.82) is 0 Å². The third kappa shape index (κ3) is 3.68. The van der Waals surface area contributed by atoms with Crippen LogP contribution in [0.15, 0.2) is 47.5 Å². The molecule has 0 spiro atoms.